The van der Waals surface area contributed by atoms with Gasteiger partial charge in [0.1, 0.15) is 6.54 Å². The van der Waals surface area contributed by atoms with Crippen molar-refractivity contribution in [3.05, 3.63) is 112 Å². The van der Waals surface area contributed by atoms with Gasteiger partial charge in [0.05, 0.1) is 31.8 Å². The molecule has 0 saturated carbocycles. The Kier molecular flexibility index (Phi) is 9.33. The quantitative estimate of drug-likeness (QED) is 0.202. The number of carbonyl (C=O) groups is 1. The van der Waals surface area contributed by atoms with E-state index in [9.17, 15) is 34.8 Å². The maximum absolute atomic E-state index is 13.6. The molecule has 0 radical (unpaired) electrons. The number of nitrogens with one attached hydrogen (secondary N) is 2. The molecule has 0 saturated heterocycles. The highest BCUT2D eigenvalue weighted by Crippen LogP contribution is 2.38. The minimum atomic E-state index is -4.89. The zero-order chi connectivity index (χ0) is 32.4. The van der Waals surface area contributed by atoms with E-state index >= 15 is 0 Å². The van der Waals surface area contributed by atoms with Gasteiger partial charge in [0, 0.05) is 5.69 Å². The molecule has 14 heteroatoms. The number of carbonyl (C=O) groups excluding carboxylic acids is 1. The maximum Gasteiger partial charge on any atom is 0.417 e. The highest BCUT2D eigenvalue weighted by atomic mass is 35.5. The lowest BCUT2D eigenvalue weighted by Crippen LogP contribution is -2.38. The highest BCUT2D eigenvalue weighted by Gasteiger charge is 2.35. The van der Waals surface area contributed by atoms with Crippen molar-refractivity contribution in [1.29, 1.82) is 0 Å². The van der Waals surface area contributed by atoms with E-state index in [0.717, 1.165) is 28.8 Å². The number of para-hydroxylation sites is 1. The van der Waals surface area contributed by atoms with Gasteiger partial charge in [-0.25, -0.2) is 16.8 Å². The van der Waals surface area contributed by atoms with Crippen molar-refractivity contribution in [3.63, 3.8) is 0 Å². The van der Waals surface area contributed by atoms with E-state index in [1.54, 1.807) is 39.0 Å². The summed E-state index contributed by atoms with van der Waals surface area (Å²) in [6, 6.07) is 18.6. The Balaban J connectivity index is 1.61. The van der Waals surface area contributed by atoms with Gasteiger partial charge in [-0.2, -0.15) is 13.2 Å². The summed E-state index contributed by atoms with van der Waals surface area (Å²) < 4.78 is 97.0. The van der Waals surface area contributed by atoms with Gasteiger partial charge in [0.2, 0.25) is 5.91 Å². The Bertz CT molecular complexity index is 1890. The van der Waals surface area contributed by atoms with E-state index in [1.807, 2.05) is 0 Å². The standard InChI is InChI=1S/C30H27ClF3N3O5S2/c1-19-7-12-25(13-8-19)44(41,42)37(23-11-16-27(31)26(17-23)30(32,33)34)18-28(38)35-22-9-14-24(15-10-22)43(39,40)36-29-20(2)5-4-6-21(29)3/h4-17,36H,18H2,1-3H3,(H,35,38). The van der Waals surface area contributed by atoms with Crippen molar-refractivity contribution in [1.82, 2.24) is 0 Å². The van der Waals surface area contributed by atoms with Crippen LogP contribution in [0.2, 0.25) is 5.02 Å². The second kappa shape index (κ2) is 12.5. The van der Waals surface area contributed by atoms with Crippen LogP contribution in [0.1, 0.15) is 22.3 Å². The topological polar surface area (TPSA) is 113 Å². The minimum Gasteiger partial charge on any atom is -0.325 e. The van der Waals surface area contributed by atoms with E-state index in [1.165, 1.54) is 48.5 Å². The number of hydrogen-bond acceptors (Lipinski definition) is 5. The predicted octanol–water partition coefficient (Wildman–Crippen LogP) is 6.92. The molecule has 232 valence electrons. The third-order valence-electron chi connectivity index (χ3n) is 6.61. The summed E-state index contributed by atoms with van der Waals surface area (Å²) in [5, 5.41) is 1.83. The molecule has 0 aromatic heterocycles. The molecule has 4 aromatic rings. The van der Waals surface area contributed by atoms with E-state index in [0.29, 0.717) is 16.1 Å². The van der Waals surface area contributed by atoms with Gasteiger partial charge in [-0.05, 0) is 86.5 Å². The van der Waals surface area contributed by atoms with Crippen molar-refractivity contribution in [2.75, 3.05) is 20.9 Å². The first-order valence-corrected chi connectivity index (χ1v) is 16.2. The summed E-state index contributed by atoms with van der Waals surface area (Å²) in [7, 11) is -8.51. The molecule has 8 nitrogen and oxygen atoms in total. The third kappa shape index (κ3) is 7.34. The largest absolute Gasteiger partial charge is 0.417 e. The van der Waals surface area contributed by atoms with Gasteiger partial charge in [-0.15, -0.1) is 0 Å². The molecule has 0 atom stereocenters. The number of anilines is 3. The molecule has 4 rings (SSSR count). The van der Waals surface area contributed by atoms with E-state index in [2.05, 4.69) is 10.0 Å². The number of sulfonamides is 2. The van der Waals surface area contributed by atoms with Crippen LogP contribution < -0.4 is 14.3 Å². The number of amides is 1. The molecule has 0 unspecified atom stereocenters. The molecular formula is C30H27ClF3N3O5S2. The number of aryl methyl sites for hydroxylation is 3. The highest BCUT2D eigenvalue weighted by molar-refractivity contribution is 7.93. The zero-order valence-electron chi connectivity index (χ0n) is 23.6. The van der Waals surface area contributed by atoms with Crippen LogP contribution >= 0.6 is 11.6 Å². The number of rotatable bonds is 9. The monoisotopic (exact) mass is 665 g/mol. The summed E-state index contributed by atoms with van der Waals surface area (Å²) in [5.41, 5.74) is 1.06. The van der Waals surface area contributed by atoms with Crippen LogP contribution in [0, 0.1) is 20.8 Å². The second-order valence-electron chi connectivity index (χ2n) is 9.93. The fraction of sp³-hybridized carbons (Fsp3) is 0.167. The van der Waals surface area contributed by atoms with Crippen molar-refractivity contribution >= 4 is 54.6 Å². The molecule has 0 aliphatic rings. The van der Waals surface area contributed by atoms with E-state index in [-0.39, 0.29) is 15.5 Å². The summed E-state index contributed by atoms with van der Waals surface area (Å²) in [6.45, 7) is 4.36. The smallest absolute Gasteiger partial charge is 0.325 e. The molecule has 1 amide bonds. The van der Waals surface area contributed by atoms with Crippen LogP contribution in [0.3, 0.4) is 0 Å². The summed E-state index contributed by atoms with van der Waals surface area (Å²) in [4.78, 5) is 12.7. The Morgan fingerprint density at radius 2 is 1.39 bits per heavy atom. The van der Waals surface area contributed by atoms with Crippen LogP contribution in [0.25, 0.3) is 0 Å². The molecule has 2 N–H and O–H groups in total. The van der Waals surface area contributed by atoms with Crippen LogP contribution in [0.5, 0.6) is 0 Å². The molecular weight excluding hydrogens is 639 g/mol. The fourth-order valence-corrected chi connectivity index (χ4v) is 7.10. The summed E-state index contributed by atoms with van der Waals surface area (Å²) in [5.74, 6) is -0.895. The van der Waals surface area contributed by atoms with Crippen LogP contribution in [-0.2, 0) is 31.0 Å². The zero-order valence-corrected chi connectivity index (χ0v) is 26.0. The third-order valence-corrected chi connectivity index (χ3v) is 10.1. The van der Waals surface area contributed by atoms with Crippen LogP contribution in [0.15, 0.2) is 94.7 Å². The average Bonchev–Trinajstić information content (AvgIpc) is 2.94. The van der Waals surface area contributed by atoms with Crippen molar-refractivity contribution < 1.29 is 34.8 Å². The van der Waals surface area contributed by atoms with E-state index < -0.39 is 54.9 Å². The Hall–Kier alpha value is -4.07. The number of benzene rings is 4. The Morgan fingerprint density at radius 3 is 1.95 bits per heavy atom. The molecule has 0 spiro atoms. The predicted molar refractivity (Wildman–Crippen MR) is 164 cm³/mol. The first kappa shape index (κ1) is 32.8. The van der Waals surface area contributed by atoms with Gasteiger partial charge < -0.3 is 5.32 Å². The summed E-state index contributed by atoms with van der Waals surface area (Å²) in [6.07, 6.45) is -4.89. The maximum atomic E-state index is 13.6. The Morgan fingerprint density at radius 1 is 0.818 bits per heavy atom. The Labute approximate surface area is 258 Å². The number of alkyl halides is 3. The SMILES string of the molecule is Cc1ccc(S(=O)(=O)N(CC(=O)Nc2ccc(S(=O)(=O)Nc3c(C)cccc3C)cc2)c2ccc(Cl)c(C(F)(F)F)c2)cc1. The normalized spacial score (nSPS) is 12.1. The lowest BCUT2D eigenvalue weighted by Gasteiger charge is -2.25. The number of hydrogen-bond donors (Lipinski definition) is 2. The first-order valence-electron chi connectivity index (χ1n) is 12.9. The van der Waals surface area contributed by atoms with E-state index in [4.69, 9.17) is 11.6 Å². The van der Waals surface area contributed by atoms with Gasteiger partial charge >= 0.3 is 6.18 Å². The first-order chi connectivity index (χ1) is 20.5. The molecule has 0 heterocycles. The minimum absolute atomic E-state index is 0.0948. The molecule has 0 fully saturated rings. The van der Waals surface area contributed by atoms with Gasteiger partial charge in [-0.3, -0.25) is 13.8 Å². The second-order valence-corrected chi connectivity index (χ2v) is 13.9. The van der Waals surface area contributed by atoms with Gasteiger partial charge in [0.15, 0.2) is 0 Å². The summed E-state index contributed by atoms with van der Waals surface area (Å²) >= 11 is 5.74. The van der Waals surface area contributed by atoms with Gasteiger partial charge in [-0.1, -0.05) is 47.5 Å². The molecule has 0 bridgehead atoms. The lowest BCUT2D eigenvalue weighted by molar-refractivity contribution is -0.137. The molecule has 44 heavy (non-hydrogen) atoms. The van der Waals surface area contributed by atoms with Crippen LogP contribution in [-0.4, -0.2) is 29.3 Å². The van der Waals surface area contributed by atoms with Crippen molar-refractivity contribution in [2.24, 2.45) is 0 Å². The number of halogens is 4. The molecule has 0 aliphatic heterocycles. The van der Waals surface area contributed by atoms with Gasteiger partial charge in [0.25, 0.3) is 20.0 Å². The average molecular weight is 666 g/mol. The number of nitrogens with zero attached hydrogens (tertiary/aromatic N) is 1. The molecule has 0 aliphatic carbocycles. The fourth-order valence-electron chi connectivity index (χ4n) is 4.26. The van der Waals surface area contributed by atoms with Crippen LogP contribution in [0.4, 0.5) is 30.2 Å². The molecule has 4 aromatic carbocycles. The van der Waals surface area contributed by atoms with Crippen molar-refractivity contribution in [3.8, 4) is 0 Å². The lowest BCUT2D eigenvalue weighted by atomic mass is 10.1. The van der Waals surface area contributed by atoms with Crippen molar-refractivity contribution in [2.45, 2.75) is 36.7 Å².